The molecule has 0 amide bonds. The van der Waals surface area contributed by atoms with Crippen LogP contribution in [0.15, 0.2) is 42.5 Å². The molecule has 4 heteroatoms. The molecule has 0 atom stereocenters. The van der Waals surface area contributed by atoms with Gasteiger partial charge in [-0.3, -0.25) is 0 Å². The highest BCUT2D eigenvalue weighted by atomic mass is 16.5. The van der Waals surface area contributed by atoms with E-state index in [1.807, 2.05) is 18.2 Å². The average molecular weight is 287 g/mol. The van der Waals surface area contributed by atoms with E-state index in [0.717, 1.165) is 17.7 Å². The highest BCUT2D eigenvalue weighted by Crippen LogP contribution is 2.27. The summed E-state index contributed by atoms with van der Waals surface area (Å²) in [5.41, 5.74) is 7.89. The van der Waals surface area contributed by atoms with Crippen molar-refractivity contribution < 1.29 is 14.2 Å². The highest BCUT2D eigenvalue weighted by molar-refractivity contribution is 5.42. The summed E-state index contributed by atoms with van der Waals surface area (Å²) in [5, 5.41) is 0. The van der Waals surface area contributed by atoms with Gasteiger partial charge in [0.2, 0.25) is 0 Å². The summed E-state index contributed by atoms with van der Waals surface area (Å²) in [4.78, 5) is 0. The van der Waals surface area contributed by atoms with Crippen molar-refractivity contribution in [2.45, 2.75) is 13.0 Å². The molecule has 0 saturated heterocycles. The van der Waals surface area contributed by atoms with Gasteiger partial charge in [-0.2, -0.15) is 0 Å². The van der Waals surface area contributed by atoms with Gasteiger partial charge < -0.3 is 19.9 Å². The molecule has 2 N–H and O–H groups in total. The van der Waals surface area contributed by atoms with Gasteiger partial charge in [-0.25, -0.2) is 0 Å². The van der Waals surface area contributed by atoms with E-state index in [0.29, 0.717) is 24.7 Å². The summed E-state index contributed by atoms with van der Waals surface area (Å²) in [7, 11) is 3.24. The van der Waals surface area contributed by atoms with Crippen LogP contribution in [0.4, 0.5) is 0 Å². The van der Waals surface area contributed by atoms with Crippen molar-refractivity contribution in [1.82, 2.24) is 0 Å². The number of benzene rings is 2. The molecule has 112 valence electrons. The molecule has 0 saturated carbocycles. The molecule has 0 heterocycles. The van der Waals surface area contributed by atoms with Crippen LogP contribution in [-0.4, -0.2) is 20.8 Å². The molecule has 0 aliphatic rings. The van der Waals surface area contributed by atoms with Crippen LogP contribution in [0.5, 0.6) is 17.2 Å². The van der Waals surface area contributed by atoms with E-state index in [1.165, 1.54) is 5.56 Å². The number of methoxy groups -OCH3 is 2. The monoisotopic (exact) mass is 287 g/mol. The Bertz CT molecular complexity index is 544. The first kappa shape index (κ1) is 15.2. The fourth-order valence-electron chi connectivity index (χ4n) is 2.00. The molecule has 2 rings (SSSR count). The van der Waals surface area contributed by atoms with E-state index in [1.54, 1.807) is 14.2 Å². The minimum Gasteiger partial charge on any atom is -0.496 e. The van der Waals surface area contributed by atoms with Crippen molar-refractivity contribution in [3.63, 3.8) is 0 Å². The Morgan fingerprint density at radius 1 is 0.810 bits per heavy atom. The normalized spacial score (nSPS) is 10.2. The van der Waals surface area contributed by atoms with Crippen molar-refractivity contribution >= 4 is 0 Å². The summed E-state index contributed by atoms with van der Waals surface area (Å²) >= 11 is 0. The Kier molecular flexibility index (Phi) is 5.46. The second-order valence-corrected chi connectivity index (χ2v) is 4.69. The summed E-state index contributed by atoms with van der Waals surface area (Å²) in [6.07, 6.45) is 0.897. The smallest absolute Gasteiger partial charge is 0.127 e. The van der Waals surface area contributed by atoms with E-state index in [4.69, 9.17) is 19.9 Å². The van der Waals surface area contributed by atoms with Crippen molar-refractivity contribution in [2.24, 2.45) is 5.73 Å². The molecule has 0 fully saturated rings. The van der Waals surface area contributed by atoms with Crippen molar-refractivity contribution in [3.8, 4) is 17.2 Å². The molecule has 2 aromatic carbocycles. The number of nitrogens with two attached hydrogens (primary N) is 1. The minimum absolute atomic E-state index is 0.499. The second-order valence-electron chi connectivity index (χ2n) is 4.69. The van der Waals surface area contributed by atoms with Crippen LogP contribution in [-0.2, 0) is 13.0 Å². The quantitative estimate of drug-likeness (QED) is 0.851. The lowest BCUT2D eigenvalue weighted by Gasteiger charge is -2.10. The van der Waals surface area contributed by atoms with Crippen molar-refractivity contribution in [2.75, 3.05) is 20.8 Å². The molecule has 4 nitrogen and oxygen atoms in total. The fourth-order valence-corrected chi connectivity index (χ4v) is 2.00. The van der Waals surface area contributed by atoms with E-state index in [2.05, 4.69) is 24.3 Å². The minimum atomic E-state index is 0.499. The molecule has 0 aliphatic heterocycles. The van der Waals surface area contributed by atoms with E-state index < -0.39 is 0 Å². The first-order valence-electron chi connectivity index (χ1n) is 6.89. The molecular formula is C17H21NO3. The maximum absolute atomic E-state index is 5.79. The van der Waals surface area contributed by atoms with Gasteiger partial charge in [-0.15, -0.1) is 0 Å². The van der Waals surface area contributed by atoms with Crippen LogP contribution in [0.1, 0.15) is 11.1 Å². The van der Waals surface area contributed by atoms with E-state index in [9.17, 15) is 0 Å². The Morgan fingerprint density at radius 3 is 1.86 bits per heavy atom. The third kappa shape index (κ3) is 4.39. The zero-order chi connectivity index (χ0) is 15.1. The van der Waals surface area contributed by atoms with Crippen LogP contribution < -0.4 is 19.9 Å². The number of rotatable bonds is 7. The molecule has 0 unspecified atom stereocenters. The first-order valence-corrected chi connectivity index (χ1v) is 6.89. The van der Waals surface area contributed by atoms with Gasteiger partial charge in [0.25, 0.3) is 0 Å². The number of hydrogen-bond acceptors (Lipinski definition) is 4. The predicted molar refractivity (Wildman–Crippen MR) is 83.1 cm³/mol. The molecule has 21 heavy (non-hydrogen) atoms. The molecule has 0 bridgehead atoms. The summed E-state index contributed by atoms with van der Waals surface area (Å²) in [6, 6.07) is 13.8. The standard InChI is InChI=1S/C17H21NO3/c1-19-15-9-16(20-2)11-17(10-15)21-12-14-5-3-13(4-6-14)7-8-18/h3-6,9-11H,7-8,12,18H2,1-2H3. The summed E-state index contributed by atoms with van der Waals surface area (Å²) in [5.74, 6) is 2.14. The molecule has 0 radical (unpaired) electrons. The average Bonchev–Trinajstić information content (AvgIpc) is 2.54. The third-order valence-corrected chi connectivity index (χ3v) is 3.19. The van der Waals surface area contributed by atoms with Gasteiger partial charge in [0, 0.05) is 18.2 Å². The SMILES string of the molecule is COc1cc(OC)cc(OCc2ccc(CCN)cc2)c1. The molecular weight excluding hydrogens is 266 g/mol. The Labute approximate surface area is 125 Å². The Balaban J connectivity index is 2.01. The van der Waals surface area contributed by atoms with Crippen LogP contribution in [0, 0.1) is 0 Å². The van der Waals surface area contributed by atoms with Crippen molar-refractivity contribution in [3.05, 3.63) is 53.6 Å². The maximum atomic E-state index is 5.79. The molecule has 0 spiro atoms. The predicted octanol–water partition coefficient (Wildman–Crippen LogP) is 2.78. The summed E-state index contributed by atoms with van der Waals surface area (Å²) < 4.78 is 16.2. The van der Waals surface area contributed by atoms with E-state index in [-0.39, 0.29) is 0 Å². The Hall–Kier alpha value is -2.20. The molecule has 0 aliphatic carbocycles. The second kappa shape index (κ2) is 7.55. The van der Waals surface area contributed by atoms with Crippen LogP contribution in [0.25, 0.3) is 0 Å². The van der Waals surface area contributed by atoms with Gasteiger partial charge in [0.1, 0.15) is 23.9 Å². The third-order valence-electron chi connectivity index (χ3n) is 3.19. The van der Waals surface area contributed by atoms with Crippen molar-refractivity contribution in [1.29, 1.82) is 0 Å². The van der Waals surface area contributed by atoms with Gasteiger partial charge in [-0.1, -0.05) is 24.3 Å². The lowest BCUT2D eigenvalue weighted by Crippen LogP contribution is -2.03. The van der Waals surface area contributed by atoms with Gasteiger partial charge in [-0.05, 0) is 24.1 Å². The maximum Gasteiger partial charge on any atom is 0.127 e. The zero-order valence-electron chi connectivity index (χ0n) is 12.5. The van der Waals surface area contributed by atoms with Crippen LogP contribution in [0.2, 0.25) is 0 Å². The largest absolute Gasteiger partial charge is 0.496 e. The molecule has 0 aromatic heterocycles. The summed E-state index contributed by atoms with van der Waals surface area (Å²) in [6.45, 7) is 1.17. The van der Waals surface area contributed by atoms with Crippen LogP contribution in [0.3, 0.4) is 0 Å². The van der Waals surface area contributed by atoms with Crippen LogP contribution >= 0.6 is 0 Å². The number of ether oxygens (including phenoxy) is 3. The zero-order valence-corrected chi connectivity index (χ0v) is 12.5. The van der Waals surface area contributed by atoms with E-state index >= 15 is 0 Å². The van der Waals surface area contributed by atoms with Gasteiger partial charge in [0.05, 0.1) is 14.2 Å². The van der Waals surface area contributed by atoms with Gasteiger partial charge >= 0.3 is 0 Å². The lowest BCUT2D eigenvalue weighted by molar-refractivity contribution is 0.300. The molecule has 2 aromatic rings. The number of hydrogen-bond donors (Lipinski definition) is 1. The highest BCUT2D eigenvalue weighted by Gasteiger charge is 2.03. The van der Waals surface area contributed by atoms with Gasteiger partial charge in [0.15, 0.2) is 0 Å². The Morgan fingerprint density at radius 2 is 1.33 bits per heavy atom. The lowest BCUT2D eigenvalue weighted by atomic mass is 10.1. The topological polar surface area (TPSA) is 53.7 Å². The first-order chi connectivity index (χ1) is 10.2. The fraction of sp³-hybridized carbons (Fsp3) is 0.294.